The van der Waals surface area contributed by atoms with Crippen LogP contribution < -0.4 is 16.4 Å². The summed E-state index contributed by atoms with van der Waals surface area (Å²) in [5.41, 5.74) is 3.86. The second-order valence-electron chi connectivity index (χ2n) is 9.27. The minimum Gasteiger partial charge on any atom is -0.465 e. The van der Waals surface area contributed by atoms with Crippen molar-refractivity contribution >= 4 is 52.3 Å². The number of urea groups is 1. The van der Waals surface area contributed by atoms with Gasteiger partial charge in [-0.25, -0.2) is 23.2 Å². The summed E-state index contributed by atoms with van der Waals surface area (Å²) < 4.78 is 31.3. The first-order valence-corrected chi connectivity index (χ1v) is 12.1. The molecule has 0 bridgehead atoms. The van der Waals surface area contributed by atoms with E-state index in [4.69, 9.17) is 17.3 Å². The van der Waals surface area contributed by atoms with Crippen LogP contribution in [0.2, 0.25) is 5.02 Å². The number of carbonyl (C=O) groups is 4. The van der Waals surface area contributed by atoms with E-state index in [1.54, 1.807) is 24.3 Å². The molecule has 0 unspecified atom stereocenters. The van der Waals surface area contributed by atoms with E-state index in [0.29, 0.717) is 10.9 Å². The number of carbonyl (C=O) groups excluding carboxylic acids is 3. The largest absolute Gasteiger partial charge is 0.465 e. The predicted octanol–water partition coefficient (Wildman–Crippen LogP) is 3.60. The molecule has 3 aromatic rings. The zero-order valence-corrected chi connectivity index (χ0v) is 21.4. The van der Waals surface area contributed by atoms with Crippen LogP contribution >= 0.6 is 11.6 Å². The quantitative estimate of drug-likeness (QED) is 0.362. The standard InChI is InChI=1S/C25H25ClF2N6O5/c1-32(24(38)39)12-25(28)9-19(21(35)30-10-14-5-4-7-16(26)20(14)27)34(13-25)23(37)31-17-11-33(22(29)36)18-8-3-2-6-15(17)18/h2-8,11,19H,9-10,12-13H2,1H3,(H2,29,36)(H,30,35)(H,31,37)(H,38,39)/t19-,25-/m0/s1. The summed E-state index contributed by atoms with van der Waals surface area (Å²) in [5, 5.41) is 14.6. The van der Waals surface area contributed by atoms with E-state index in [0.717, 1.165) is 14.4 Å². The molecule has 1 saturated heterocycles. The van der Waals surface area contributed by atoms with Crippen molar-refractivity contribution in [3.05, 3.63) is 65.1 Å². The molecule has 14 heteroatoms. The summed E-state index contributed by atoms with van der Waals surface area (Å²) in [6.45, 7) is -1.48. The number of carboxylic acid groups (broad SMARTS) is 1. The minimum absolute atomic E-state index is 0.0845. The topological polar surface area (TPSA) is 150 Å². The zero-order chi connectivity index (χ0) is 28.5. The summed E-state index contributed by atoms with van der Waals surface area (Å²) in [6.07, 6.45) is -0.587. The van der Waals surface area contributed by atoms with Gasteiger partial charge in [-0.1, -0.05) is 41.9 Å². The van der Waals surface area contributed by atoms with Gasteiger partial charge < -0.3 is 31.3 Å². The number of fused-ring (bicyclic) bond motifs is 1. The van der Waals surface area contributed by atoms with Gasteiger partial charge in [-0.3, -0.25) is 9.36 Å². The fourth-order valence-electron chi connectivity index (χ4n) is 4.63. The molecule has 5 N–H and O–H groups in total. The van der Waals surface area contributed by atoms with Crippen molar-refractivity contribution in [2.75, 3.05) is 25.5 Å². The summed E-state index contributed by atoms with van der Waals surface area (Å²) in [7, 11) is 1.17. The Balaban J connectivity index is 1.59. The normalized spacial score (nSPS) is 18.7. The van der Waals surface area contributed by atoms with Crippen LogP contribution in [0.15, 0.2) is 48.7 Å². The molecule has 206 valence electrons. The first kappa shape index (κ1) is 27.6. The second-order valence-corrected chi connectivity index (χ2v) is 9.67. The number of para-hydroxylation sites is 1. The maximum absolute atomic E-state index is 15.9. The van der Waals surface area contributed by atoms with Crippen LogP contribution in [-0.4, -0.2) is 75.4 Å². The van der Waals surface area contributed by atoms with E-state index in [-0.39, 0.29) is 22.8 Å². The number of primary amides is 1. The fraction of sp³-hybridized carbons (Fsp3) is 0.280. The van der Waals surface area contributed by atoms with Crippen molar-refractivity contribution in [3.8, 4) is 0 Å². The van der Waals surface area contributed by atoms with Gasteiger partial charge in [0.1, 0.15) is 17.5 Å². The Morgan fingerprint density at radius 3 is 2.62 bits per heavy atom. The second kappa shape index (κ2) is 10.8. The third-order valence-corrected chi connectivity index (χ3v) is 6.77. The van der Waals surface area contributed by atoms with Crippen LogP contribution in [0, 0.1) is 5.82 Å². The highest BCUT2D eigenvalue weighted by atomic mass is 35.5. The van der Waals surface area contributed by atoms with E-state index in [1.165, 1.54) is 31.4 Å². The maximum Gasteiger partial charge on any atom is 0.407 e. The van der Waals surface area contributed by atoms with Crippen LogP contribution in [-0.2, 0) is 11.3 Å². The molecule has 2 aromatic carbocycles. The molecular formula is C25H25ClF2N6O5. The Morgan fingerprint density at radius 2 is 1.92 bits per heavy atom. The fourth-order valence-corrected chi connectivity index (χ4v) is 4.82. The van der Waals surface area contributed by atoms with Crippen LogP contribution in [0.5, 0.6) is 0 Å². The molecule has 11 nitrogen and oxygen atoms in total. The van der Waals surface area contributed by atoms with Gasteiger partial charge in [0.15, 0.2) is 0 Å². The van der Waals surface area contributed by atoms with Crippen molar-refractivity contribution in [2.45, 2.75) is 24.7 Å². The number of nitrogens with zero attached hydrogens (tertiary/aromatic N) is 3. The zero-order valence-electron chi connectivity index (χ0n) is 20.7. The predicted molar refractivity (Wildman–Crippen MR) is 139 cm³/mol. The average Bonchev–Trinajstić information content (AvgIpc) is 3.43. The Kier molecular flexibility index (Phi) is 7.63. The van der Waals surface area contributed by atoms with Crippen molar-refractivity contribution in [1.29, 1.82) is 0 Å². The van der Waals surface area contributed by atoms with Gasteiger partial charge in [-0.2, -0.15) is 0 Å². The average molecular weight is 563 g/mol. The summed E-state index contributed by atoms with van der Waals surface area (Å²) in [4.78, 5) is 51.3. The number of hydrogen-bond acceptors (Lipinski definition) is 4. The smallest absolute Gasteiger partial charge is 0.407 e. The highest BCUT2D eigenvalue weighted by molar-refractivity contribution is 6.30. The molecule has 1 aliphatic heterocycles. The molecule has 0 saturated carbocycles. The number of halogens is 3. The first-order valence-electron chi connectivity index (χ1n) is 11.7. The lowest BCUT2D eigenvalue weighted by atomic mass is 10.0. The van der Waals surface area contributed by atoms with Gasteiger partial charge in [-0.05, 0) is 12.1 Å². The Hall–Kier alpha value is -4.39. The monoisotopic (exact) mass is 562 g/mol. The number of aromatic nitrogens is 1. The SMILES string of the molecule is CN(C[C@@]1(F)C[C@@H](C(=O)NCc2cccc(Cl)c2F)N(C(=O)Nc2cn(C(N)=O)c3ccccc23)C1)C(=O)O. The van der Waals surface area contributed by atoms with Crippen molar-refractivity contribution in [2.24, 2.45) is 5.73 Å². The van der Waals surface area contributed by atoms with E-state index in [1.807, 2.05) is 0 Å². The molecule has 0 spiro atoms. The van der Waals surface area contributed by atoms with E-state index in [9.17, 15) is 28.7 Å². The van der Waals surface area contributed by atoms with Gasteiger partial charge in [0.05, 0.1) is 29.3 Å². The van der Waals surface area contributed by atoms with E-state index < -0.39 is 61.1 Å². The van der Waals surface area contributed by atoms with Gasteiger partial charge in [-0.15, -0.1) is 0 Å². The van der Waals surface area contributed by atoms with Crippen molar-refractivity contribution in [3.63, 3.8) is 0 Å². The number of alkyl halides is 1. The lowest BCUT2D eigenvalue weighted by Gasteiger charge is -2.25. The van der Waals surface area contributed by atoms with Crippen LogP contribution in [0.1, 0.15) is 12.0 Å². The molecule has 1 aliphatic rings. The minimum atomic E-state index is -2.25. The lowest BCUT2D eigenvalue weighted by molar-refractivity contribution is -0.124. The number of nitrogens with one attached hydrogen (secondary N) is 2. The molecule has 0 radical (unpaired) electrons. The molecular weight excluding hydrogens is 538 g/mol. The van der Waals surface area contributed by atoms with Crippen LogP contribution in [0.3, 0.4) is 0 Å². The van der Waals surface area contributed by atoms with Gasteiger partial charge in [0.25, 0.3) is 0 Å². The Labute approximate surface area is 226 Å². The molecule has 5 amide bonds. The number of hydrogen-bond donors (Lipinski definition) is 4. The van der Waals surface area contributed by atoms with E-state index in [2.05, 4.69) is 10.6 Å². The van der Waals surface area contributed by atoms with Crippen LogP contribution in [0.25, 0.3) is 10.9 Å². The molecule has 2 atom stereocenters. The third kappa shape index (κ3) is 5.72. The number of nitrogens with two attached hydrogens (primary N) is 1. The van der Waals surface area contributed by atoms with Crippen molar-refractivity contribution < 1.29 is 33.1 Å². The number of anilines is 1. The number of benzene rings is 2. The maximum atomic E-state index is 15.9. The number of rotatable bonds is 6. The van der Waals surface area contributed by atoms with E-state index >= 15 is 4.39 Å². The third-order valence-electron chi connectivity index (χ3n) is 6.48. The highest BCUT2D eigenvalue weighted by Gasteiger charge is 2.50. The molecule has 1 aromatic heterocycles. The molecule has 1 fully saturated rings. The van der Waals surface area contributed by atoms with Gasteiger partial charge in [0.2, 0.25) is 5.91 Å². The molecule has 4 rings (SSSR count). The Morgan fingerprint density at radius 1 is 1.21 bits per heavy atom. The molecule has 39 heavy (non-hydrogen) atoms. The highest BCUT2D eigenvalue weighted by Crippen LogP contribution is 2.33. The summed E-state index contributed by atoms with van der Waals surface area (Å²) in [5.74, 6) is -1.50. The molecule has 0 aliphatic carbocycles. The number of likely N-dealkylation sites (tertiary alicyclic amines) is 1. The summed E-state index contributed by atoms with van der Waals surface area (Å²) >= 11 is 5.79. The number of amides is 5. The molecule has 2 heterocycles. The van der Waals surface area contributed by atoms with Crippen molar-refractivity contribution in [1.82, 2.24) is 19.7 Å². The van der Waals surface area contributed by atoms with Crippen LogP contribution in [0.4, 0.5) is 28.9 Å². The van der Waals surface area contributed by atoms with Gasteiger partial charge >= 0.3 is 18.2 Å². The van der Waals surface area contributed by atoms with Gasteiger partial charge in [0, 0.05) is 37.2 Å². The lowest BCUT2D eigenvalue weighted by Crippen LogP contribution is -2.47. The first-order chi connectivity index (χ1) is 18.4. The Bertz CT molecular complexity index is 1470. The summed E-state index contributed by atoms with van der Waals surface area (Å²) in [6, 6.07) is 7.85.